The third kappa shape index (κ3) is 5.20. The average molecular weight is 282 g/mol. The van der Waals surface area contributed by atoms with Crippen molar-refractivity contribution >= 4 is 17.7 Å². The number of rotatable bonds is 8. The molecule has 0 aromatic carbocycles. The molecular formula is C14H22N2O2S. The molecule has 106 valence electrons. The van der Waals surface area contributed by atoms with Crippen LogP contribution in [0, 0.1) is 0 Å². The van der Waals surface area contributed by atoms with Gasteiger partial charge >= 0.3 is 5.97 Å². The molecule has 0 fully saturated rings. The highest BCUT2D eigenvalue weighted by atomic mass is 32.2. The molecule has 0 aliphatic heterocycles. The standard InChI is InChI=1S/C14H22N2O2S/c1-4-12-9-11(14(17)18)10-13(15-12)19-8-7-16(5-2)6-3/h9-10H,4-8H2,1-3H3,(H,17,18). The van der Waals surface area contributed by atoms with Crippen molar-refractivity contribution in [3.63, 3.8) is 0 Å². The largest absolute Gasteiger partial charge is 0.478 e. The summed E-state index contributed by atoms with van der Waals surface area (Å²) in [5.74, 6) is 0.0451. The Morgan fingerprint density at radius 3 is 2.53 bits per heavy atom. The zero-order valence-corrected chi connectivity index (χ0v) is 12.7. The molecule has 0 saturated carbocycles. The van der Waals surface area contributed by atoms with Crippen LogP contribution in [0.5, 0.6) is 0 Å². The Morgan fingerprint density at radius 2 is 2.00 bits per heavy atom. The zero-order chi connectivity index (χ0) is 14.3. The third-order valence-electron chi connectivity index (χ3n) is 3.02. The van der Waals surface area contributed by atoms with E-state index >= 15 is 0 Å². The summed E-state index contributed by atoms with van der Waals surface area (Å²) < 4.78 is 0. The first-order valence-corrected chi connectivity index (χ1v) is 7.68. The molecule has 1 rings (SSSR count). The van der Waals surface area contributed by atoms with E-state index in [-0.39, 0.29) is 0 Å². The van der Waals surface area contributed by atoms with E-state index < -0.39 is 5.97 Å². The Hall–Kier alpha value is -1.07. The summed E-state index contributed by atoms with van der Waals surface area (Å²) in [5.41, 5.74) is 1.17. The summed E-state index contributed by atoms with van der Waals surface area (Å²) in [6.07, 6.45) is 0.755. The average Bonchev–Trinajstić information content (AvgIpc) is 2.43. The fraction of sp³-hybridized carbons (Fsp3) is 0.571. The molecule has 4 nitrogen and oxygen atoms in total. The smallest absolute Gasteiger partial charge is 0.335 e. The maximum absolute atomic E-state index is 11.1. The molecule has 0 radical (unpaired) electrons. The minimum absolute atomic E-state index is 0.331. The molecule has 0 unspecified atom stereocenters. The third-order valence-corrected chi connectivity index (χ3v) is 3.91. The first-order chi connectivity index (χ1) is 9.10. The Bertz CT molecular complexity index is 420. The highest BCUT2D eigenvalue weighted by Gasteiger charge is 2.08. The summed E-state index contributed by atoms with van der Waals surface area (Å²) in [6.45, 7) is 9.36. The van der Waals surface area contributed by atoms with Gasteiger partial charge in [0.2, 0.25) is 0 Å². The number of carboxylic acid groups (broad SMARTS) is 1. The van der Waals surface area contributed by atoms with E-state index in [2.05, 4.69) is 23.7 Å². The van der Waals surface area contributed by atoms with Crippen LogP contribution in [0.1, 0.15) is 36.8 Å². The van der Waals surface area contributed by atoms with Crippen LogP contribution in [0.15, 0.2) is 17.2 Å². The first kappa shape index (κ1) is 16.0. The lowest BCUT2D eigenvalue weighted by Gasteiger charge is -2.17. The van der Waals surface area contributed by atoms with E-state index in [1.807, 2.05) is 6.92 Å². The van der Waals surface area contributed by atoms with E-state index in [1.165, 1.54) is 0 Å². The molecule has 0 aliphatic rings. The van der Waals surface area contributed by atoms with Crippen molar-refractivity contribution < 1.29 is 9.90 Å². The first-order valence-electron chi connectivity index (χ1n) is 6.70. The van der Waals surface area contributed by atoms with Gasteiger partial charge < -0.3 is 10.0 Å². The topological polar surface area (TPSA) is 53.4 Å². The Labute approximate surface area is 119 Å². The van der Waals surface area contributed by atoms with E-state index in [0.717, 1.165) is 42.5 Å². The molecule has 0 amide bonds. The lowest BCUT2D eigenvalue weighted by atomic mass is 10.2. The van der Waals surface area contributed by atoms with Crippen molar-refractivity contribution in [2.45, 2.75) is 32.2 Å². The van der Waals surface area contributed by atoms with Gasteiger partial charge in [-0.05, 0) is 31.6 Å². The minimum Gasteiger partial charge on any atom is -0.478 e. The number of pyridine rings is 1. The van der Waals surface area contributed by atoms with Gasteiger partial charge in [0.25, 0.3) is 0 Å². The molecule has 0 aliphatic carbocycles. The number of hydrogen-bond acceptors (Lipinski definition) is 4. The second kappa shape index (κ2) is 8.17. The summed E-state index contributed by atoms with van der Waals surface area (Å²) in [6, 6.07) is 3.31. The van der Waals surface area contributed by atoms with Gasteiger partial charge in [0.05, 0.1) is 10.6 Å². The summed E-state index contributed by atoms with van der Waals surface area (Å²) in [4.78, 5) is 17.9. The molecule has 1 aromatic rings. The summed E-state index contributed by atoms with van der Waals surface area (Å²) in [7, 11) is 0. The number of aromatic nitrogens is 1. The quantitative estimate of drug-likeness (QED) is 0.743. The number of aromatic carboxylic acids is 1. The minimum atomic E-state index is -0.886. The molecule has 1 heterocycles. The fourth-order valence-electron chi connectivity index (χ4n) is 1.76. The number of carbonyl (C=O) groups is 1. The van der Waals surface area contributed by atoms with E-state index in [4.69, 9.17) is 5.11 Å². The van der Waals surface area contributed by atoms with Crippen molar-refractivity contribution in [3.05, 3.63) is 23.4 Å². The van der Waals surface area contributed by atoms with Gasteiger partial charge in [-0.2, -0.15) is 0 Å². The highest BCUT2D eigenvalue weighted by molar-refractivity contribution is 7.99. The van der Waals surface area contributed by atoms with Gasteiger partial charge in [-0.25, -0.2) is 9.78 Å². The molecule has 19 heavy (non-hydrogen) atoms. The highest BCUT2D eigenvalue weighted by Crippen LogP contribution is 2.18. The van der Waals surface area contributed by atoms with Gasteiger partial charge in [0.1, 0.15) is 0 Å². The monoisotopic (exact) mass is 282 g/mol. The van der Waals surface area contributed by atoms with Gasteiger partial charge in [0.15, 0.2) is 0 Å². The van der Waals surface area contributed by atoms with Gasteiger partial charge in [0, 0.05) is 18.0 Å². The second-order valence-electron chi connectivity index (χ2n) is 4.22. The zero-order valence-electron chi connectivity index (χ0n) is 11.8. The van der Waals surface area contributed by atoms with E-state index in [0.29, 0.717) is 5.56 Å². The maximum atomic E-state index is 11.1. The van der Waals surface area contributed by atoms with Crippen LogP contribution in [0.2, 0.25) is 0 Å². The van der Waals surface area contributed by atoms with Crippen molar-refractivity contribution in [1.82, 2.24) is 9.88 Å². The fourth-order valence-corrected chi connectivity index (χ4v) is 2.71. The summed E-state index contributed by atoms with van der Waals surface area (Å²) in [5, 5.41) is 9.88. The van der Waals surface area contributed by atoms with Crippen LogP contribution in [-0.4, -0.2) is 46.3 Å². The predicted molar refractivity (Wildman–Crippen MR) is 79.1 cm³/mol. The van der Waals surface area contributed by atoms with Crippen LogP contribution < -0.4 is 0 Å². The van der Waals surface area contributed by atoms with Crippen LogP contribution >= 0.6 is 11.8 Å². The number of nitrogens with zero attached hydrogens (tertiary/aromatic N) is 2. The SMILES string of the molecule is CCc1cc(C(=O)O)cc(SCCN(CC)CC)n1. The van der Waals surface area contributed by atoms with Crippen LogP contribution in [0.3, 0.4) is 0 Å². The predicted octanol–water partition coefficient (Wildman–Crippen LogP) is 2.78. The van der Waals surface area contributed by atoms with Crippen LogP contribution in [0.4, 0.5) is 0 Å². The number of aryl methyl sites for hydroxylation is 1. The number of carboxylic acids is 1. The van der Waals surface area contributed by atoms with Crippen molar-refractivity contribution in [2.24, 2.45) is 0 Å². The van der Waals surface area contributed by atoms with Crippen LogP contribution in [-0.2, 0) is 6.42 Å². The number of thioether (sulfide) groups is 1. The lowest BCUT2D eigenvalue weighted by molar-refractivity contribution is 0.0696. The van der Waals surface area contributed by atoms with Crippen LogP contribution in [0.25, 0.3) is 0 Å². The van der Waals surface area contributed by atoms with Crippen molar-refractivity contribution in [2.75, 3.05) is 25.4 Å². The van der Waals surface area contributed by atoms with E-state index in [9.17, 15) is 4.79 Å². The normalized spacial score (nSPS) is 10.9. The maximum Gasteiger partial charge on any atom is 0.335 e. The van der Waals surface area contributed by atoms with Gasteiger partial charge in [-0.1, -0.05) is 20.8 Å². The molecule has 0 spiro atoms. The van der Waals surface area contributed by atoms with Crippen molar-refractivity contribution in [3.8, 4) is 0 Å². The molecular weight excluding hydrogens is 260 g/mol. The lowest BCUT2D eigenvalue weighted by Crippen LogP contribution is -2.25. The molecule has 0 bridgehead atoms. The molecule has 0 saturated heterocycles. The second-order valence-corrected chi connectivity index (χ2v) is 5.33. The molecule has 0 atom stereocenters. The van der Waals surface area contributed by atoms with Gasteiger partial charge in [-0.3, -0.25) is 0 Å². The summed E-state index contributed by atoms with van der Waals surface area (Å²) >= 11 is 1.62. The molecule has 5 heteroatoms. The Balaban J connectivity index is 2.67. The van der Waals surface area contributed by atoms with Crippen molar-refractivity contribution in [1.29, 1.82) is 0 Å². The van der Waals surface area contributed by atoms with Gasteiger partial charge in [-0.15, -0.1) is 11.8 Å². The Kier molecular flexibility index (Phi) is 6.87. The number of hydrogen-bond donors (Lipinski definition) is 1. The molecule has 1 aromatic heterocycles. The Morgan fingerprint density at radius 1 is 1.32 bits per heavy atom. The van der Waals surface area contributed by atoms with E-state index in [1.54, 1.807) is 23.9 Å². The molecule has 1 N–H and O–H groups in total.